The van der Waals surface area contributed by atoms with Crippen LogP contribution in [-0.2, 0) is 11.2 Å². The van der Waals surface area contributed by atoms with Gasteiger partial charge in [-0.05, 0) is 31.2 Å². The Morgan fingerprint density at radius 3 is 2.47 bits per heavy atom. The van der Waals surface area contributed by atoms with Crippen LogP contribution in [-0.4, -0.2) is 25.8 Å². The van der Waals surface area contributed by atoms with Crippen molar-refractivity contribution in [2.24, 2.45) is 0 Å². The zero-order valence-electron chi connectivity index (χ0n) is 8.47. The lowest BCUT2D eigenvalue weighted by molar-refractivity contribution is 0.348. The first-order chi connectivity index (χ1) is 7.19. The molecular weight excluding hydrogens is 200 g/mol. The fourth-order valence-corrected chi connectivity index (χ4v) is 1.69. The number of nitrogens with one attached hydrogen (secondary N) is 1. The van der Waals surface area contributed by atoms with Crippen LogP contribution >= 0.6 is 0 Å². The highest BCUT2D eigenvalue weighted by atomic mass is 19.1. The molecule has 82 valence electrons. The minimum Gasteiger partial charge on any atom is -0.371 e. The van der Waals surface area contributed by atoms with Gasteiger partial charge in [0.25, 0.3) is 0 Å². The van der Waals surface area contributed by atoms with E-state index in [2.05, 4.69) is 5.32 Å². The lowest BCUT2D eigenvalue weighted by Gasteiger charge is -2.13. The molecule has 2 atom stereocenters. The number of hydrogen-bond donors (Lipinski definition) is 1. The van der Waals surface area contributed by atoms with Crippen LogP contribution in [0.25, 0.3) is 0 Å². The summed E-state index contributed by atoms with van der Waals surface area (Å²) in [5.41, 5.74) is 0.655. The Bertz CT molecular complexity index is 332. The largest absolute Gasteiger partial charge is 0.371 e. The number of hydrogen-bond acceptors (Lipinski definition) is 2. The summed E-state index contributed by atoms with van der Waals surface area (Å²) >= 11 is 0. The van der Waals surface area contributed by atoms with E-state index in [-0.39, 0.29) is 12.1 Å². The van der Waals surface area contributed by atoms with Crippen LogP contribution in [0.2, 0.25) is 0 Å². The minimum atomic E-state index is -0.531. The van der Waals surface area contributed by atoms with Gasteiger partial charge in [0.05, 0.1) is 12.7 Å². The van der Waals surface area contributed by atoms with Gasteiger partial charge in [-0.15, -0.1) is 0 Å². The normalized spacial score (nSPS) is 21.4. The van der Waals surface area contributed by atoms with Crippen molar-refractivity contribution in [2.45, 2.75) is 18.6 Å². The Kier molecular flexibility index (Phi) is 2.98. The molecule has 0 spiro atoms. The van der Waals surface area contributed by atoms with E-state index in [1.54, 1.807) is 0 Å². The van der Waals surface area contributed by atoms with Gasteiger partial charge in [-0.2, -0.15) is 0 Å². The molecule has 15 heavy (non-hydrogen) atoms. The average Bonchev–Trinajstić information content (AvgIpc) is 2.95. The SMILES string of the molecule is CN[C@@H](Cc1cc(F)cc(F)c1)[C@@H]1CO1. The van der Waals surface area contributed by atoms with Crippen LogP contribution in [0, 0.1) is 11.6 Å². The molecule has 2 nitrogen and oxygen atoms in total. The van der Waals surface area contributed by atoms with Crippen LogP contribution in [0.4, 0.5) is 8.78 Å². The van der Waals surface area contributed by atoms with E-state index in [4.69, 9.17) is 4.74 Å². The highest BCUT2D eigenvalue weighted by Crippen LogP contribution is 2.18. The second-order valence-corrected chi connectivity index (χ2v) is 3.75. The fourth-order valence-electron chi connectivity index (χ4n) is 1.69. The average molecular weight is 213 g/mol. The maximum absolute atomic E-state index is 12.9. The first-order valence-corrected chi connectivity index (χ1v) is 4.93. The first-order valence-electron chi connectivity index (χ1n) is 4.93. The topological polar surface area (TPSA) is 24.6 Å². The molecule has 0 radical (unpaired) electrons. The molecule has 1 N–H and O–H groups in total. The van der Waals surface area contributed by atoms with Crippen LogP contribution in [0.1, 0.15) is 5.56 Å². The van der Waals surface area contributed by atoms with Gasteiger partial charge in [0, 0.05) is 12.1 Å². The molecule has 1 aromatic rings. The third-order valence-corrected chi connectivity index (χ3v) is 2.56. The van der Waals surface area contributed by atoms with Gasteiger partial charge in [0.2, 0.25) is 0 Å². The zero-order chi connectivity index (χ0) is 10.8. The van der Waals surface area contributed by atoms with Gasteiger partial charge in [0.15, 0.2) is 0 Å². The second-order valence-electron chi connectivity index (χ2n) is 3.75. The van der Waals surface area contributed by atoms with E-state index in [1.165, 1.54) is 12.1 Å². The van der Waals surface area contributed by atoms with Crippen molar-refractivity contribution >= 4 is 0 Å². The summed E-state index contributed by atoms with van der Waals surface area (Å²) in [5.74, 6) is -1.06. The quantitative estimate of drug-likeness (QED) is 0.766. The predicted octanol–water partition coefficient (Wildman–Crippen LogP) is 1.49. The molecule has 4 heteroatoms. The van der Waals surface area contributed by atoms with Crippen molar-refractivity contribution in [3.8, 4) is 0 Å². The number of likely N-dealkylation sites (N-methyl/N-ethyl adjacent to an activating group) is 1. The van der Waals surface area contributed by atoms with E-state index in [0.717, 1.165) is 12.7 Å². The Balaban J connectivity index is 2.08. The Morgan fingerprint density at radius 1 is 1.40 bits per heavy atom. The van der Waals surface area contributed by atoms with E-state index in [0.29, 0.717) is 12.0 Å². The molecule has 1 saturated heterocycles. The molecule has 1 fully saturated rings. The summed E-state index contributed by atoms with van der Waals surface area (Å²) < 4.78 is 31.0. The van der Waals surface area contributed by atoms with Crippen LogP contribution in [0.5, 0.6) is 0 Å². The monoisotopic (exact) mass is 213 g/mol. The summed E-state index contributed by atoms with van der Waals surface area (Å²) in [4.78, 5) is 0. The molecule has 2 rings (SSSR count). The lowest BCUT2D eigenvalue weighted by atomic mass is 10.0. The van der Waals surface area contributed by atoms with Crippen molar-refractivity contribution in [1.82, 2.24) is 5.32 Å². The van der Waals surface area contributed by atoms with E-state index >= 15 is 0 Å². The summed E-state index contributed by atoms with van der Waals surface area (Å²) in [6, 6.07) is 3.73. The van der Waals surface area contributed by atoms with Gasteiger partial charge in [-0.25, -0.2) is 8.78 Å². The molecule has 0 amide bonds. The summed E-state index contributed by atoms with van der Waals surface area (Å²) in [5, 5.41) is 3.08. The number of epoxide rings is 1. The maximum atomic E-state index is 12.9. The fraction of sp³-hybridized carbons (Fsp3) is 0.455. The summed E-state index contributed by atoms with van der Waals surface area (Å²) in [7, 11) is 1.82. The molecule has 0 unspecified atom stereocenters. The van der Waals surface area contributed by atoms with Gasteiger partial charge in [-0.3, -0.25) is 0 Å². The van der Waals surface area contributed by atoms with Crippen LogP contribution in [0.15, 0.2) is 18.2 Å². The Labute approximate surface area is 87.2 Å². The zero-order valence-corrected chi connectivity index (χ0v) is 8.47. The highest BCUT2D eigenvalue weighted by Gasteiger charge is 2.31. The van der Waals surface area contributed by atoms with E-state index in [9.17, 15) is 8.78 Å². The third kappa shape index (κ3) is 2.73. The van der Waals surface area contributed by atoms with Crippen molar-refractivity contribution in [1.29, 1.82) is 0 Å². The number of rotatable bonds is 4. The van der Waals surface area contributed by atoms with E-state index in [1.807, 2.05) is 7.05 Å². The molecule has 0 aromatic heterocycles. The number of halogens is 2. The molecule has 0 bridgehead atoms. The smallest absolute Gasteiger partial charge is 0.126 e. The van der Waals surface area contributed by atoms with Crippen molar-refractivity contribution in [3.63, 3.8) is 0 Å². The number of benzene rings is 1. The molecule has 1 aliphatic heterocycles. The first kappa shape index (κ1) is 10.5. The van der Waals surface area contributed by atoms with Gasteiger partial charge in [-0.1, -0.05) is 0 Å². The maximum Gasteiger partial charge on any atom is 0.126 e. The molecule has 0 aliphatic carbocycles. The highest BCUT2D eigenvalue weighted by molar-refractivity contribution is 5.19. The van der Waals surface area contributed by atoms with Crippen molar-refractivity contribution in [2.75, 3.05) is 13.7 Å². The molecular formula is C11H13F2NO. The van der Waals surface area contributed by atoms with Crippen LogP contribution in [0.3, 0.4) is 0 Å². The Hall–Kier alpha value is -1.00. The Morgan fingerprint density at radius 2 is 2.00 bits per heavy atom. The summed E-state index contributed by atoms with van der Waals surface area (Å²) in [6.45, 7) is 0.726. The van der Waals surface area contributed by atoms with Gasteiger partial charge >= 0.3 is 0 Å². The summed E-state index contributed by atoms with van der Waals surface area (Å²) in [6.07, 6.45) is 0.761. The molecule has 0 saturated carbocycles. The second kappa shape index (κ2) is 4.24. The standard InChI is InChI=1S/C11H13F2NO/c1-14-10(11-6-15-11)4-7-2-8(12)5-9(13)3-7/h2-3,5,10-11,14H,4,6H2,1H3/t10-,11-/m0/s1. The van der Waals surface area contributed by atoms with Crippen molar-refractivity contribution in [3.05, 3.63) is 35.4 Å². The molecule has 1 aliphatic rings. The predicted molar refractivity (Wildman–Crippen MR) is 52.6 cm³/mol. The number of ether oxygens (including phenoxy) is 1. The van der Waals surface area contributed by atoms with E-state index < -0.39 is 11.6 Å². The van der Waals surface area contributed by atoms with Crippen molar-refractivity contribution < 1.29 is 13.5 Å². The van der Waals surface area contributed by atoms with Gasteiger partial charge in [0.1, 0.15) is 11.6 Å². The third-order valence-electron chi connectivity index (χ3n) is 2.56. The molecule has 1 heterocycles. The van der Waals surface area contributed by atoms with Gasteiger partial charge < -0.3 is 10.1 Å². The molecule has 1 aromatic carbocycles. The lowest BCUT2D eigenvalue weighted by Crippen LogP contribution is -2.33. The minimum absolute atomic E-state index is 0.131. The van der Waals surface area contributed by atoms with Crippen LogP contribution < -0.4 is 5.32 Å².